The Kier molecular flexibility index (Phi) is 5.30. The molecular weight excluding hydrogens is 346 g/mol. The van der Waals surface area contributed by atoms with Crippen LogP contribution < -0.4 is 19.5 Å². The largest absolute Gasteiger partial charge is 0.497 e. The van der Waals surface area contributed by atoms with Crippen molar-refractivity contribution in [3.8, 4) is 22.9 Å². The molecule has 0 unspecified atom stereocenters. The molecule has 0 atom stereocenters. The summed E-state index contributed by atoms with van der Waals surface area (Å²) >= 11 is 0. The normalized spacial score (nSPS) is 10.4. The van der Waals surface area contributed by atoms with Crippen LogP contribution in [-0.2, 0) is 0 Å². The molecule has 0 fully saturated rings. The van der Waals surface area contributed by atoms with Gasteiger partial charge >= 0.3 is 0 Å². The lowest BCUT2D eigenvalue weighted by molar-refractivity contribution is 0.102. The number of nitrogens with zero attached hydrogens (tertiary/aromatic N) is 2. The molecule has 140 valence electrons. The van der Waals surface area contributed by atoms with Gasteiger partial charge in [0.25, 0.3) is 5.91 Å². The van der Waals surface area contributed by atoms with Crippen molar-refractivity contribution < 1.29 is 19.0 Å². The number of carbonyl (C=O) groups is 1. The second-order valence-electron chi connectivity index (χ2n) is 5.80. The Labute approximate surface area is 157 Å². The zero-order chi connectivity index (χ0) is 19.4. The molecule has 1 amide bonds. The van der Waals surface area contributed by atoms with Gasteiger partial charge in [-0.1, -0.05) is 0 Å². The number of benzene rings is 2. The van der Waals surface area contributed by atoms with Crippen molar-refractivity contribution in [3.63, 3.8) is 0 Å². The van der Waals surface area contributed by atoms with E-state index in [4.69, 9.17) is 14.2 Å². The summed E-state index contributed by atoms with van der Waals surface area (Å²) in [5.41, 5.74) is 2.49. The molecule has 2 aromatic carbocycles. The van der Waals surface area contributed by atoms with Crippen molar-refractivity contribution in [2.45, 2.75) is 6.92 Å². The number of anilines is 1. The summed E-state index contributed by atoms with van der Waals surface area (Å²) in [5, 5.41) is 7.24. The van der Waals surface area contributed by atoms with Crippen molar-refractivity contribution in [1.29, 1.82) is 0 Å². The lowest BCUT2D eigenvalue weighted by Gasteiger charge is -2.11. The van der Waals surface area contributed by atoms with Gasteiger partial charge in [0.1, 0.15) is 17.2 Å². The van der Waals surface area contributed by atoms with Crippen LogP contribution in [-0.4, -0.2) is 37.0 Å². The Morgan fingerprint density at radius 1 is 0.926 bits per heavy atom. The number of amides is 1. The van der Waals surface area contributed by atoms with Crippen LogP contribution >= 0.6 is 0 Å². The van der Waals surface area contributed by atoms with Crippen molar-refractivity contribution in [3.05, 3.63) is 59.9 Å². The van der Waals surface area contributed by atoms with Crippen molar-refractivity contribution in [2.24, 2.45) is 0 Å². The van der Waals surface area contributed by atoms with Crippen LogP contribution in [0.1, 0.15) is 16.2 Å². The minimum Gasteiger partial charge on any atom is -0.497 e. The number of aromatic nitrogens is 2. The first-order valence-electron chi connectivity index (χ1n) is 8.30. The minimum atomic E-state index is -0.336. The highest BCUT2D eigenvalue weighted by Crippen LogP contribution is 2.29. The Bertz CT molecular complexity index is 948. The van der Waals surface area contributed by atoms with E-state index < -0.39 is 0 Å². The smallest absolute Gasteiger partial charge is 0.276 e. The quantitative estimate of drug-likeness (QED) is 0.722. The number of nitrogens with one attached hydrogen (secondary N) is 1. The molecule has 0 bridgehead atoms. The first-order chi connectivity index (χ1) is 13.0. The van der Waals surface area contributed by atoms with Crippen molar-refractivity contribution >= 4 is 11.6 Å². The third-order valence-electron chi connectivity index (χ3n) is 4.09. The summed E-state index contributed by atoms with van der Waals surface area (Å²) in [6, 6.07) is 14.4. The van der Waals surface area contributed by atoms with E-state index in [9.17, 15) is 4.79 Å². The molecule has 3 rings (SSSR count). The summed E-state index contributed by atoms with van der Waals surface area (Å²) in [7, 11) is 4.72. The molecule has 0 radical (unpaired) electrons. The fourth-order valence-corrected chi connectivity index (χ4v) is 2.67. The van der Waals surface area contributed by atoms with E-state index >= 15 is 0 Å². The van der Waals surface area contributed by atoms with E-state index in [2.05, 4.69) is 10.4 Å². The summed E-state index contributed by atoms with van der Waals surface area (Å²) in [5.74, 6) is 1.57. The predicted molar refractivity (Wildman–Crippen MR) is 102 cm³/mol. The van der Waals surface area contributed by atoms with Crippen molar-refractivity contribution in [1.82, 2.24) is 9.78 Å². The first kappa shape index (κ1) is 18.3. The van der Waals surface area contributed by atoms with Crippen LogP contribution in [0, 0.1) is 6.92 Å². The lowest BCUT2D eigenvalue weighted by Crippen LogP contribution is -2.14. The standard InChI is InChI=1S/C20H21N3O4/c1-13-11-18(22-23(13)14-5-7-15(25-2)8-6-14)20(24)21-17-12-16(26-3)9-10-19(17)27-4/h5-12H,1-4H3,(H,21,24). The Balaban J connectivity index is 1.86. The molecule has 0 aliphatic heterocycles. The second-order valence-corrected chi connectivity index (χ2v) is 5.80. The molecule has 0 saturated heterocycles. The molecular formula is C20H21N3O4. The summed E-state index contributed by atoms with van der Waals surface area (Å²) in [4.78, 5) is 12.7. The molecule has 0 aliphatic carbocycles. The van der Waals surface area contributed by atoms with Gasteiger partial charge in [0.2, 0.25) is 0 Å². The summed E-state index contributed by atoms with van der Waals surface area (Å²) in [6.07, 6.45) is 0. The van der Waals surface area contributed by atoms with Gasteiger partial charge in [-0.15, -0.1) is 0 Å². The van der Waals surface area contributed by atoms with E-state index in [0.717, 1.165) is 17.1 Å². The van der Waals surface area contributed by atoms with Crippen LogP contribution in [0.3, 0.4) is 0 Å². The van der Waals surface area contributed by atoms with Gasteiger partial charge in [0.15, 0.2) is 5.69 Å². The zero-order valence-corrected chi connectivity index (χ0v) is 15.6. The maximum Gasteiger partial charge on any atom is 0.276 e. The maximum atomic E-state index is 12.7. The van der Waals surface area contributed by atoms with Gasteiger partial charge in [-0.2, -0.15) is 5.10 Å². The van der Waals surface area contributed by atoms with Gasteiger partial charge in [-0.25, -0.2) is 4.68 Å². The summed E-state index contributed by atoms with van der Waals surface area (Å²) in [6.45, 7) is 1.89. The van der Waals surface area contributed by atoms with Gasteiger partial charge in [-0.05, 0) is 49.4 Å². The molecule has 7 nitrogen and oxygen atoms in total. The fourth-order valence-electron chi connectivity index (χ4n) is 2.67. The third kappa shape index (κ3) is 3.87. The van der Waals surface area contributed by atoms with Gasteiger partial charge in [-0.3, -0.25) is 4.79 Å². The zero-order valence-electron chi connectivity index (χ0n) is 15.6. The van der Waals surface area contributed by atoms with Crippen LogP contribution in [0.25, 0.3) is 5.69 Å². The van der Waals surface area contributed by atoms with E-state index in [-0.39, 0.29) is 5.91 Å². The number of methoxy groups -OCH3 is 3. The molecule has 1 aromatic heterocycles. The molecule has 0 saturated carbocycles. The fraction of sp³-hybridized carbons (Fsp3) is 0.200. The minimum absolute atomic E-state index is 0.299. The van der Waals surface area contributed by atoms with Crippen LogP contribution in [0.4, 0.5) is 5.69 Å². The number of hydrogen-bond acceptors (Lipinski definition) is 5. The number of hydrogen-bond donors (Lipinski definition) is 1. The molecule has 3 aromatic rings. The highest BCUT2D eigenvalue weighted by molar-refractivity contribution is 6.03. The number of rotatable bonds is 6. The monoisotopic (exact) mass is 367 g/mol. The molecule has 1 N–H and O–H groups in total. The van der Waals surface area contributed by atoms with E-state index in [0.29, 0.717) is 22.9 Å². The predicted octanol–water partition coefficient (Wildman–Crippen LogP) is 3.46. The van der Waals surface area contributed by atoms with Gasteiger partial charge < -0.3 is 19.5 Å². The number of carbonyl (C=O) groups excluding carboxylic acids is 1. The highest BCUT2D eigenvalue weighted by Gasteiger charge is 2.16. The highest BCUT2D eigenvalue weighted by atomic mass is 16.5. The molecule has 7 heteroatoms. The third-order valence-corrected chi connectivity index (χ3v) is 4.09. The van der Waals surface area contributed by atoms with Crippen LogP contribution in [0.15, 0.2) is 48.5 Å². The number of ether oxygens (including phenoxy) is 3. The Morgan fingerprint density at radius 2 is 1.59 bits per heavy atom. The molecule has 0 spiro atoms. The SMILES string of the molecule is COc1ccc(-n2nc(C(=O)Nc3cc(OC)ccc3OC)cc2C)cc1. The average Bonchev–Trinajstić information content (AvgIpc) is 3.09. The van der Waals surface area contributed by atoms with Crippen LogP contribution in [0.5, 0.6) is 17.2 Å². The molecule has 27 heavy (non-hydrogen) atoms. The molecule has 1 heterocycles. The maximum absolute atomic E-state index is 12.7. The topological polar surface area (TPSA) is 74.6 Å². The van der Waals surface area contributed by atoms with E-state index in [1.165, 1.54) is 0 Å². The Morgan fingerprint density at radius 3 is 2.22 bits per heavy atom. The number of aryl methyl sites for hydroxylation is 1. The van der Waals surface area contributed by atoms with Gasteiger partial charge in [0, 0.05) is 11.8 Å². The average molecular weight is 367 g/mol. The second kappa shape index (κ2) is 7.82. The van der Waals surface area contributed by atoms with Crippen LogP contribution in [0.2, 0.25) is 0 Å². The molecule has 0 aliphatic rings. The van der Waals surface area contributed by atoms with E-state index in [1.807, 2.05) is 31.2 Å². The first-order valence-corrected chi connectivity index (χ1v) is 8.30. The Hall–Kier alpha value is -3.48. The van der Waals surface area contributed by atoms with Gasteiger partial charge in [0.05, 0.1) is 32.7 Å². The lowest BCUT2D eigenvalue weighted by atomic mass is 10.2. The summed E-state index contributed by atoms with van der Waals surface area (Å²) < 4.78 is 17.4. The van der Waals surface area contributed by atoms with Crippen molar-refractivity contribution in [2.75, 3.05) is 26.6 Å². The van der Waals surface area contributed by atoms with E-state index in [1.54, 1.807) is 50.3 Å².